The van der Waals surface area contributed by atoms with Crippen LogP contribution in [0.1, 0.15) is 30.1 Å². The largest absolute Gasteiger partial charge is 0.334 e. The zero-order chi connectivity index (χ0) is 14.9. The van der Waals surface area contributed by atoms with Crippen LogP contribution in [0.2, 0.25) is 0 Å². The van der Waals surface area contributed by atoms with Crippen LogP contribution in [0.4, 0.5) is 13.2 Å². The van der Waals surface area contributed by atoms with Crippen molar-refractivity contribution < 1.29 is 18.0 Å². The van der Waals surface area contributed by atoms with Gasteiger partial charge in [0.15, 0.2) is 17.5 Å². The third-order valence-corrected chi connectivity index (χ3v) is 3.78. The molecule has 1 fully saturated rings. The molecule has 2 atom stereocenters. The first kappa shape index (κ1) is 17.8. The van der Waals surface area contributed by atoms with Gasteiger partial charge in [0, 0.05) is 19.1 Å². The number of piperidine rings is 1. The topological polar surface area (TPSA) is 46.3 Å². The van der Waals surface area contributed by atoms with Crippen LogP contribution in [0, 0.1) is 23.4 Å². The number of nitrogens with zero attached hydrogens (tertiary/aromatic N) is 1. The number of nitrogens with two attached hydrogens (primary N) is 1. The number of benzene rings is 1. The van der Waals surface area contributed by atoms with Gasteiger partial charge in [-0.05, 0) is 30.9 Å². The summed E-state index contributed by atoms with van der Waals surface area (Å²) in [6.45, 7) is 2.77. The summed E-state index contributed by atoms with van der Waals surface area (Å²) in [6, 6.07) is 1.54. The molecule has 0 saturated carbocycles. The van der Waals surface area contributed by atoms with E-state index in [2.05, 4.69) is 6.92 Å². The van der Waals surface area contributed by atoms with Gasteiger partial charge in [-0.25, -0.2) is 13.2 Å². The number of likely N-dealkylation sites (tertiary alicyclic amines) is 1. The third kappa shape index (κ3) is 3.49. The standard InChI is InChI=1S/C14H17F3N2O.ClH/c1-8-4-5-19(9(6-8)7-18)14(20)10-2-3-11(15)13(17)12(10)16;/h2-3,8-9H,4-7,18H2,1H3;1H. The van der Waals surface area contributed by atoms with E-state index < -0.39 is 28.9 Å². The van der Waals surface area contributed by atoms with E-state index in [9.17, 15) is 18.0 Å². The maximum atomic E-state index is 13.7. The Labute approximate surface area is 127 Å². The van der Waals surface area contributed by atoms with Crippen LogP contribution in [0.3, 0.4) is 0 Å². The van der Waals surface area contributed by atoms with Crippen molar-refractivity contribution in [1.82, 2.24) is 4.90 Å². The van der Waals surface area contributed by atoms with Crippen molar-refractivity contribution in [3.05, 3.63) is 35.1 Å². The van der Waals surface area contributed by atoms with Gasteiger partial charge in [0.2, 0.25) is 0 Å². The molecule has 1 aliphatic rings. The molecule has 0 radical (unpaired) electrons. The molecule has 0 aliphatic carbocycles. The van der Waals surface area contributed by atoms with Crippen LogP contribution in [0.25, 0.3) is 0 Å². The molecule has 1 aromatic carbocycles. The Balaban J connectivity index is 0.00000220. The Morgan fingerprint density at radius 1 is 1.33 bits per heavy atom. The smallest absolute Gasteiger partial charge is 0.257 e. The molecule has 3 nitrogen and oxygen atoms in total. The van der Waals surface area contributed by atoms with Gasteiger partial charge < -0.3 is 10.6 Å². The van der Waals surface area contributed by atoms with Gasteiger partial charge in [-0.3, -0.25) is 4.79 Å². The highest BCUT2D eigenvalue weighted by atomic mass is 35.5. The maximum absolute atomic E-state index is 13.7. The lowest BCUT2D eigenvalue weighted by atomic mass is 9.92. The molecule has 2 unspecified atom stereocenters. The summed E-state index contributed by atoms with van der Waals surface area (Å²) < 4.78 is 39.8. The quantitative estimate of drug-likeness (QED) is 0.851. The molecule has 1 amide bonds. The highest BCUT2D eigenvalue weighted by molar-refractivity contribution is 5.94. The average molecular weight is 323 g/mol. The fourth-order valence-electron chi connectivity index (χ4n) is 2.59. The third-order valence-electron chi connectivity index (χ3n) is 3.78. The molecule has 118 valence electrons. The van der Waals surface area contributed by atoms with Crippen LogP contribution in [-0.4, -0.2) is 29.9 Å². The predicted octanol–water partition coefficient (Wildman–Crippen LogP) is 2.73. The predicted molar refractivity (Wildman–Crippen MR) is 75.8 cm³/mol. The number of hydrogen-bond donors (Lipinski definition) is 1. The first-order chi connectivity index (χ1) is 9.45. The minimum Gasteiger partial charge on any atom is -0.334 e. The summed E-state index contributed by atoms with van der Waals surface area (Å²) in [5.74, 6) is -4.57. The van der Waals surface area contributed by atoms with E-state index in [0.717, 1.165) is 25.0 Å². The molecule has 0 bridgehead atoms. The molecule has 1 heterocycles. The van der Waals surface area contributed by atoms with Crippen LogP contribution in [0.15, 0.2) is 12.1 Å². The van der Waals surface area contributed by atoms with E-state index in [1.807, 2.05) is 0 Å². The van der Waals surface area contributed by atoms with Crippen molar-refractivity contribution in [2.24, 2.45) is 11.7 Å². The molecule has 1 aliphatic heterocycles. The summed E-state index contributed by atoms with van der Waals surface area (Å²) in [7, 11) is 0. The van der Waals surface area contributed by atoms with E-state index in [4.69, 9.17) is 5.73 Å². The lowest BCUT2D eigenvalue weighted by molar-refractivity contribution is 0.0567. The zero-order valence-electron chi connectivity index (χ0n) is 11.6. The normalized spacial score (nSPS) is 21.9. The van der Waals surface area contributed by atoms with Crippen molar-refractivity contribution in [1.29, 1.82) is 0 Å². The number of carbonyl (C=O) groups excluding carboxylic acids is 1. The van der Waals surface area contributed by atoms with E-state index in [1.54, 1.807) is 0 Å². The number of carbonyl (C=O) groups is 1. The van der Waals surface area contributed by atoms with Crippen molar-refractivity contribution >= 4 is 18.3 Å². The van der Waals surface area contributed by atoms with Crippen LogP contribution >= 0.6 is 12.4 Å². The second-order valence-corrected chi connectivity index (χ2v) is 5.24. The van der Waals surface area contributed by atoms with E-state index in [1.165, 1.54) is 4.90 Å². The average Bonchev–Trinajstić information content (AvgIpc) is 2.44. The first-order valence-electron chi connectivity index (χ1n) is 6.60. The first-order valence-corrected chi connectivity index (χ1v) is 6.60. The van der Waals surface area contributed by atoms with Gasteiger partial charge >= 0.3 is 0 Å². The molecule has 7 heteroatoms. The van der Waals surface area contributed by atoms with Crippen molar-refractivity contribution in [3.63, 3.8) is 0 Å². The zero-order valence-corrected chi connectivity index (χ0v) is 12.4. The number of hydrogen-bond acceptors (Lipinski definition) is 2. The van der Waals surface area contributed by atoms with Crippen molar-refractivity contribution in [2.75, 3.05) is 13.1 Å². The van der Waals surface area contributed by atoms with Gasteiger partial charge in [-0.15, -0.1) is 12.4 Å². The maximum Gasteiger partial charge on any atom is 0.257 e. The van der Waals surface area contributed by atoms with Crippen molar-refractivity contribution in [2.45, 2.75) is 25.8 Å². The molecule has 2 N–H and O–H groups in total. The monoisotopic (exact) mass is 322 g/mol. The Morgan fingerprint density at radius 3 is 2.62 bits per heavy atom. The Kier molecular flexibility index (Phi) is 6.04. The SMILES string of the molecule is CC1CCN(C(=O)c2ccc(F)c(F)c2F)C(CN)C1.Cl. The van der Waals surface area contributed by atoms with Gasteiger partial charge in [-0.2, -0.15) is 0 Å². The fourth-order valence-corrected chi connectivity index (χ4v) is 2.59. The lowest BCUT2D eigenvalue weighted by Gasteiger charge is -2.38. The highest BCUT2D eigenvalue weighted by Gasteiger charge is 2.31. The lowest BCUT2D eigenvalue weighted by Crippen LogP contribution is -2.49. The van der Waals surface area contributed by atoms with Gasteiger partial charge in [0.1, 0.15) is 0 Å². The van der Waals surface area contributed by atoms with Gasteiger partial charge in [0.05, 0.1) is 5.56 Å². The Bertz CT molecular complexity index is 527. The Hall–Kier alpha value is -1.27. The van der Waals surface area contributed by atoms with Gasteiger partial charge in [-0.1, -0.05) is 6.92 Å². The molecule has 0 aromatic heterocycles. The molecule has 1 aromatic rings. The van der Waals surface area contributed by atoms with Crippen LogP contribution < -0.4 is 5.73 Å². The summed E-state index contributed by atoms with van der Waals surface area (Å²) in [4.78, 5) is 13.8. The molecule has 1 saturated heterocycles. The number of amides is 1. The summed E-state index contributed by atoms with van der Waals surface area (Å²) in [6.07, 6.45) is 1.51. The second-order valence-electron chi connectivity index (χ2n) is 5.24. The summed E-state index contributed by atoms with van der Waals surface area (Å²) in [5, 5.41) is 0. The number of rotatable bonds is 2. The molecular formula is C14H18ClF3N2O. The Morgan fingerprint density at radius 2 is 2.00 bits per heavy atom. The molecule has 0 spiro atoms. The minimum absolute atomic E-state index is 0. The highest BCUT2D eigenvalue weighted by Crippen LogP contribution is 2.25. The summed E-state index contributed by atoms with van der Waals surface area (Å²) >= 11 is 0. The van der Waals surface area contributed by atoms with Crippen LogP contribution in [0.5, 0.6) is 0 Å². The number of halogens is 4. The van der Waals surface area contributed by atoms with E-state index in [0.29, 0.717) is 12.5 Å². The van der Waals surface area contributed by atoms with Gasteiger partial charge in [0.25, 0.3) is 5.91 Å². The second kappa shape index (κ2) is 7.13. The molecular weight excluding hydrogens is 305 g/mol. The summed E-state index contributed by atoms with van der Waals surface area (Å²) in [5.41, 5.74) is 5.19. The van der Waals surface area contributed by atoms with E-state index in [-0.39, 0.29) is 25.0 Å². The van der Waals surface area contributed by atoms with Crippen LogP contribution in [-0.2, 0) is 0 Å². The van der Waals surface area contributed by atoms with E-state index >= 15 is 0 Å². The van der Waals surface area contributed by atoms with Crippen molar-refractivity contribution in [3.8, 4) is 0 Å². The molecule has 21 heavy (non-hydrogen) atoms. The fraction of sp³-hybridized carbons (Fsp3) is 0.500. The molecule has 2 rings (SSSR count). The minimum atomic E-state index is -1.62.